The number of anilines is 1. The number of methoxy groups -OCH3 is 1. The van der Waals surface area contributed by atoms with Gasteiger partial charge in [-0.05, 0) is 42.8 Å². The van der Waals surface area contributed by atoms with E-state index in [4.69, 9.17) is 21.1 Å². The molecule has 3 heterocycles. The van der Waals surface area contributed by atoms with Gasteiger partial charge in [-0.1, -0.05) is 23.7 Å². The maximum atomic E-state index is 14.9. The van der Waals surface area contributed by atoms with Crippen molar-refractivity contribution in [1.82, 2.24) is 29.8 Å². The highest BCUT2D eigenvalue weighted by Crippen LogP contribution is 2.36. The molecule has 1 aliphatic rings. The largest absolute Gasteiger partial charge is 0.495 e. The Balaban J connectivity index is 1.38. The number of benzene rings is 2. The van der Waals surface area contributed by atoms with Gasteiger partial charge in [-0.2, -0.15) is 13.2 Å². The first kappa shape index (κ1) is 34.5. The van der Waals surface area contributed by atoms with Crippen LogP contribution in [0.2, 0.25) is 5.02 Å². The lowest BCUT2D eigenvalue weighted by atomic mass is 10.0. The van der Waals surface area contributed by atoms with Gasteiger partial charge in [-0.25, -0.2) is 9.07 Å². The van der Waals surface area contributed by atoms with Crippen LogP contribution in [0.15, 0.2) is 59.7 Å². The van der Waals surface area contributed by atoms with E-state index in [1.807, 2.05) is 4.90 Å². The van der Waals surface area contributed by atoms with Gasteiger partial charge in [0.05, 0.1) is 50.6 Å². The van der Waals surface area contributed by atoms with E-state index in [0.29, 0.717) is 32.5 Å². The second kappa shape index (κ2) is 14.5. The number of carbonyl (C=O) groups excluding carboxylic acids is 2. The maximum absolute atomic E-state index is 14.9. The molecule has 1 saturated heterocycles. The van der Waals surface area contributed by atoms with Gasteiger partial charge in [-0.15, -0.1) is 5.10 Å². The van der Waals surface area contributed by atoms with Crippen molar-refractivity contribution in [3.8, 4) is 22.6 Å². The topological polar surface area (TPSA) is 133 Å². The van der Waals surface area contributed by atoms with Crippen molar-refractivity contribution < 1.29 is 36.6 Å². The van der Waals surface area contributed by atoms with Crippen LogP contribution in [0, 0.1) is 5.82 Å². The summed E-state index contributed by atoms with van der Waals surface area (Å²) < 4.78 is 67.4. The normalized spacial score (nSPS) is 14.4. The molecule has 0 aliphatic carbocycles. The van der Waals surface area contributed by atoms with E-state index in [1.54, 1.807) is 6.92 Å². The van der Waals surface area contributed by atoms with Crippen molar-refractivity contribution in [2.45, 2.75) is 25.6 Å². The van der Waals surface area contributed by atoms with Crippen molar-refractivity contribution in [3.05, 3.63) is 87.3 Å². The Kier molecular flexibility index (Phi) is 10.5. The molecule has 48 heavy (non-hydrogen) atoms. The Hall–Kier alpha value is -4.80. The number of carbonyl (C=O) groups is 2. The number of hydrogen-bond donors (Lipinski definition) is 2. The highest BCUT2D eigenvalue weighted by molar-refractivity contribution is 6.31. The monoisotopic (exact) mass is 691 g/mol. The van der Waals surface area contributed by atoms with Crippen LogP contribution in [0.1, 0.15) is 35.4 Å². The number of aromatic nitrogens is 4. The van der Waals surface area contributed by atoms with E-state index in [9.17, 15) is 31.9 Å². The van der Waals surface area contributed by atoms with E-state index < -0.39 is 41.1 Å². The summed E-state index contributed by atoms with van der Waals surface area (Å²) in [5, 5.41) is 12.3. The predicted octanol–water partition coefficient (Wildman–Crippen LogP) is 4.53. The molecule has 1 aliphatic heterocycles. The van der Waals surface area contributed by atoms with Gasteiger partial charge in [-0.3, -0.25) is 23.9 Å². The summed E-state index contributed by atoms with van der Waals surface area (Å²) in [5.41, 5.74) is -1.50. The van der Waals surface area contributed by atoms with Crippen LogP contribution in [0.25, 0.3) is 16.8 Å². The zero-order valence-corrected chi connectivity index (χ0v) is 26.4. The van der Waals surface area contributed by atoms with Crippen LogP contribution in [-0.2, 0) is 15.7 Å². The predicted molar refractivity (Wildman–Crippen MR) is 167 cm³/mol. The van der Waals surface area contributed by atoms with Gasteiger partial charge >= 0.3 is 6.18 Å². The van der Waals surface area contributed by atoms with Crippen LogP contribution in [0.5, 0.6) is 5.75 Å². The zero-order valence-electron chi connectivity index (χ0n) is 25.7. The molecular weight excluding hydrogens is 662 g/mol. The molecule has 0 spiro atoms. The van der Waals surface area contributed by atoms with Gasteiger partial charge in [0, 0.05) is 41.0 Å². The number of hydrogen-bond acceptors (Lipinski definition) is 8. The number of rotatable bonds is 10. The molecule has 254 valence electrons. The average molecular weight is 692 g/mol. The lowest BCUT2D eigenvalue weighted by Crippen LogP contribution is -2.43. The first-order chi connectivity index (χ1) is 22.9. The number of morpholine rings is 1. The Labute approximate surface area is 276 Å². The molecule has 0 radical (unpaired) electrons. The van der Waals surface area contributed by atoms with E-state index >= 15 is 0 Å². The molecule has 0 unspecified atom stereocenters. The highest BCUT2D eigenvalue weighted by Gasteiger charge is 2.35. The Morgan fingerprint density at radius 2 is 1.83 bits per heavy atom. The Morgan fingerprint density at radius 3 is 2.48 bits per heavy atom. The van der Waals surface area contributed by atoms with Gasteiger partial charge in [0.25, 0.3) is 11.5 Å². The Bertz CT molecular complexity index is 1870. The number of halogens is 5. The first-order valence-electron chi connectivity index (χ1n) is 14.7. The fourth-order valence-electron chi connectivity index (χ4n) is 5.13. The van der Waals surface area contributed by atoms with Gasteiger partial charge in [0.1, 0.15) is 17.6 Å². The van der Waals surface area contributed by atoms with E-state index in [0.717, 1.165) is 21.4 Å². The fraction of sp³-hybridized carbons (Fsp3) is 0.323. The summed E-state index contributed by atoms with van der Waals surface area (Å²) in [6.45, 7) is 4.26. The molecule has 5 rings (SSSR count). The van der Waals surface area contributed by atoms with Gasteiger partial charge in [0.2, 0.25) is 5.91 Å². The van der Waals surface area contributed by atoms with Crippen molar-refractivity contribution in [1.29, 1.82) is 0 Å². The summed E-state index contributed by atoms with van der Waals surface area (Å²) in [6, 6.07) is 8.00. The van der Waals surface area contributed by atoms with E-state index in [2.05, 4.69) is 20.9 Å². The third-order valence-electron chi connectivity index (χ3n) is 7.62. The van der Waals surface area contributed by atoms with Crippen molar-refractivity contribution in [3.63, 3.8) is 0 Å². The average Bonchev–Trinajstić information content (AvgIpc) is 3.56. The molecule has 1 atom stereocenters. The molecule has 0 saturated carbocycles. The number of pyridine rings is 1. The Morgan fingerprint density at radius 1 is 1.08 bits per heavy atom. The minimum absolute atomic E-state index is 0.0620. The smallest absolute Gasteiger partial charge is 0.436 e. The van der Waals surface area contributed by atoms with Crippen molar-refractivity contribution in [2.75, 3.05) is 45.4 Å². The summed E-state index contributed by atoms with van der Waals surface area (Å²) in [5.74, 6) is -2.02. The molecule has 2 aromatic carbocycles. The van der Waals surface area contributed by atoms with Crippen molar-refractivity contribution >= 4 is 29.1 Å². The number of ether oxygens (including phenoxy) is 2. The third kappa shape index (κ3) is 7.67. The standard InChI is InChI=1S/C31H30ClF4N7O5/c1-3-24(30(46)38-19-5-6-20(23(33)13-19)29(45)37-17-41-8-10-48-11-9-41)42-15-26(47-2)22(14-28(42)44)21-12-18(32)4-7-25(21)43-16-27(39-40-43)31(34,35)36/h4-7,12-16,24H,3,8-11,17H2,1-2H3,(H,37,45)(H,38,46)/t24-/m0/s1. The van der Waals surface area contributed by atoms with Gasteiger partial charge in [0.15, 0.2) is 5.69 Å². The number of alkyl halides is 3. The molecule has 2 aromatic heterocycles. The number of nitrogens with zero attached hydrogens (tertiary/aromatic N) is 5. The number of nitrogens with one attached hydrogen (secondary N) is 2. The van der Waals surface area contributed by atoms with Crippen LogP contribution in [-0.4, -0.2) is 76.4 Å². The molecule has 1 fully saturated rings. The second-order valence-corrected chi connectivity index (χ2v) is 11.1. The van der Waals surface area contributed by atoms with Crippen LogP contribution >= 0.6 is 11.6 Å². The molecule has 12 nitrogen and oxygen atoms in total. The molecule has 0 bridgehead atoms. The quantitative estimate of drug-likeness (QED) is 0.232. The molecule has 17 heteroatoms. The second-order valence-electron chi connectivity index (χ2n) is 10.7. The summed E-state index contributed by atoms with van der Waals surface area (Å²) in [4.78, 5) is 41.3. The highest BCUT2D eigenvalue weighted by atomic mass is 35.5. The first-order valence-corrected chi connectivity index (χ1v) is 15.1. The van der Waals surface area contributed by atoms with E-state index in [1.165, 1.54) is 43.6 Å². The SMILES string of the molecule is CC[C@@H](C(=O)Nc1ccc(C(=O)NCN2CCOCC2)c(F)c1)n1cc(OC)c(-c2cc(Cl)ccc2-n2cc(C(F)(F)F)nn2)cc1=O. The summed E-state index contributed by atoms with van der Waals surface area (Å²) in [7, 11) is 1.32. The zero-order chi connectivity index (χ0) is 34.6. The lowest BCUT2D eigenvalue weighted by molar-refractivity contribution is -0.141. The molecule has 2 N–H and O–H groups in total. The van der Waals surface area contributed by atoms with Crippen LogP contribution in [0.3, 0.4) is 0 Å². The van der Waals surface area contributed by atoms with Crippen LogP contribution < -0.4 is 20.9 Å². The molecular formula is C31H30ClF4N7O5. The summed E-state index contributed by atoms with van der Waals surface area (Å²) in [6.07, 6.45) is -2.60. The number of amides is 2. The van der Waals surface area contributed by atoms with E-state index in [-0.39, 0.29) is 51.9 Å². The van der Waals surface area contributed by atoms with Crippen LogP contribution in [0.4, 0.5) is 23.2 Å². The minimum Gasteiger partial charge on any atom is -0.495 e. The third-order valence-corrected chi connectivity index (χ3v) is 7.85. The van der Waals surface area contributed by atoms with Gasteiger partial charge < -0.3 is 20.1 Å². The lowest BCUT2D eigenvalue weighted by Gasteiger charge is -2.26. The summed E-state index contributed by atoms with van der Waals surface area (Å²) >= 11 is 6.22. The fourth-order valence-corrected chi connectivity index (χ4v) is 5.30. The van der Waals surface area contributed by atoms with Crippen molar-refractivity contribution in [2.24, 2.45) is 0 Å². The minimum atomic E-state index is -4.73. The maximum Gasteiger partial charge on any atom is 0.436 e. The molecule has 2 amide bonds. The molecule has 4 aromatic rings.